The smallest absolute Gasteiger partial charge is 0.408 e. The fourth-order valence-corrected chi connectivity index (χ4v) is 8.20. The maximum atomic E-state index is 14.5. The number of fused-ring (bicyclic) bond motifs is 4. The van der Waals surface area contributed by atoms with E-state index in [-0.39, 0.29) is 43.8 Å². The van der Waals surface area contributed by atoms with Gasteiger partial charge in [0.1, 0.15) is 28.9 Å². The number of amides is 4. The van der Waals surface area contributed by atoms with Crippen LogP contribution in [0.2, 0.25) is 0 Å². The summed E-state index contributed by atoms with van der Waals surface area (Å²) in [5.41, 5.74) is 0.311. The summed E-state index contributed by atoms with van der Waals surface area (Å²) < 4.78 is 7.14. The van der Waals surface area contributed by atoms with E-state index in [1.54, 1.807) is 36.4 Å². The number of ether oxygens (including phenoxy) is 1. The highest BCUT2D eigenvalue weighted by Gasteiger charge is 2.62. The number of nitrogens with zero attached hydrogens (tertiary/aromatic N) is 4. The molecule has 284 valence electrons. The zero-order valence-electron chi connectivity index (χ0n) is 30.9. The third-order valence-corrected chi connectivity index (χ3v) is 11.0. The molecule has 6 atom stereocenters. The molecule has 3 fully saturated rings. The highest BCUT2D eigenvalue weighted by Crippen LogP contribution is 2.46. The summed E-state index contributed by atoms with van der Waals surface area (Å²) in [5, 5.41) is 20.8. The van der Waals surface area contributed by atoms with Crippen molar-refractivity contribution in [3.63, 3.8) is 0 Å². The lowest BCUT2D eigenvalue weighted by molar-refractivity contribution is -0.146. The fraction of sp³-hybridized carbons (Fsp3) is 0.463. The van der Waals surface area contributed by atoms with E-state index in [4.69, 9.17) is 9.84 Å². The maximum absolute atomic E-state index is 14.5. The largest absolute Gasteiger partial charge is 0.479 e. The van der Waals surface area contributed by atoms with Crippen LogP contribution in [0.5, 0.6) is 0 Å². The van der Waals surface area contributed by atoms with E-state index in [0.29, 0.717) is 24.2 Å². The Morgan fingerprint density at radius 2 is 1.69 bits per heavy atom. The quantitative estimate of drug-likeness (QED) is 0.315. The summed E-state index contributed by atoms with van der Waals surface area (Å²) >= 11 is 0. The Labute approximate surface area is 314 Å². The molecule has 4 aliphatic rings. The summed E-state index contributed by atoms with van der Waals surface area (Å²) in [6, 6.07) is 18.8. The monoisotopic (exact) mass is 736 g/mol. The number of aromatic nitrogens is 2. The summed E-state index contributed by atoms with van der Waals surface area (Å²) in [6.45, 7) is 5.83. The zero-order valence-corrected chi connectivity index (χ0v) is 30.9. The minimum absolute atomic E-state index is 0.161. The fourth-order valence-electron chi connectivity index (χ4n) is 8.20. The first-order chi connectivity index (χ1) is 25.8. The minimum atomic E-state index is -1.47. The lowest BCUT2D eigenvalue weighted by Gasteiger charge is -2.33. The number of hydrogen-bond acceptors (Lipinski definition) is 7. The van der Waals surface area contributed by atoms with Crippen molar-refractivity contribution in [1.29, 1.82) is 0 Å². The van der Waals surface area contributed by atoms with Crippen LogP contribution >= 0.6 is 0 Å². The van der Waals surface area contributed by atoms with Crippen molar-refractivity contribution in [2.75, 3.05) is 19.6 Å². The van der Waals surface area contributed by atoms with Gasteiger partial charge in [-0.15, -0.1) is 0 Å². The van der Waals surface area contributed by atoms with E-state index in [1.807, 2.05) is 72.8 Å². The molecular formula is C41H48N6O7. The van der Waals surface area contributed by atoms with E-state index in [0.717, 1.165) is 30.5 Å². The van der Waals surface area contributed by atoms with Crippen molar-refractivity contribution < 1.29 is 33.8 Å². The third kappa shape index (κ3) is 7.49. The van der Waals surface area contributed by atoms with Gasteiger partial charge in [0.05, 0.1) is 11.4 Å². The lowest BCUT2D eigenvalue weighted by atomic mass is 9.93. The Hall–Kier alpha value is -5.46. The lowest BCUT2D eigenvalue weighted by Crippen LogP contribution is -2.58. The van der Waals surface area contributed by atoms with Crippen LogP contribution in [0.15, 0.2) is 78.9 Å². The molecule has 2 saturated heterocycles. The van der Waals surface area contributed by atoms with Gasteiger partial charge in [-0.2, -0.15) is 5.10 Å². The van der Waals surface area contributed by atoms with Gasteiger partial charge in [-0.05, 0) is 64.7 Å². The minimum Gasteiger partial charge on any atom is -0.479 e. The molecule has 4 heterocycles. The predicted molar refractivity (Wildman–Crippen MR) is 199 cm³/mol. The van der Waals surface area contributed by atoms with Gasteiger partial charge in [0.15, 0.2) is 0 Å². The molecule has 2 aromatic carbocycles. The normalized spacial score (nSPS) is 27.7. The number of para-hydroxylation sites is 1. The highest BCUT2D eigenvalue weighted by atomic mass is 16.6. The van der Waals surface area contributed by atoms with E-state index in [2.05, 4.69) is 10.6 Å². The first-order valence-corrected chi connectivity index (χ1v) is 18.9. The van der Waals surface area contributed by atoms with Crippen LogP contribution in [-0.2, 0) is 19.1 Å². The van der Waals surface area contributed by atoms with E-state index in [1.165, 1.54) is 4.90 Å². The second-order valence-electron chi connectivity index (χ2n) is 15.9. The Balaban J connectivity index is 1.20. The average molecular weight is 737 g/mol. The first kappa shape index (κ1) is 36.9. The highest BCUT2D eigenvalue weighted by molar-refractivity contribution is 5.97. The molecule has 0 bridgehead atoms. The number of aliphatic carboxylic acids is 1. The predicted octanol–water partition coefficient (Wildman–Crippen LogP) is 4.81. The molecule has 54 heavy (non-hydrogen) atoms. The molecule has 3 N–H and O–H groups in total. The van der Waals surface area contributed by atoms with Crippen LogP contribution in [0.3, 0.4) is 0 Å². The summed E-state index contributed by atoms with van der Waals surface area (Å²) in [6.07, 6.45) is 6.73. The number of carboxylic acid groups (broad SMARTS) is 1. The number of allylic oxidation sites excluding steroid dienone is 1. The van der Waals surface area contributed by atoms with Gasteiger partial charge >= 0.3 is 12.1 Å². The Morgan fingerprint density at radius 1 is 0.963 bits per heavy atom. The summed E-state index contributed by atoms with van der Waals surface area (Å²) in [4.78, 5) is 72.2. The molecule has 1 aromatic heterocycles. The molecule has 7 rings (SSSR count). The number of likely N-dealkylation sites (tertiary alicyclic amines) is 1. The standard InChI is InChI=1S/C41H48N6O7/c1-40(2,3)54-39(53)42-31-20-14-6-4-5-11-17-28-22-41(28,38(51)52)43-35(48)34-30-25-45(23-27(30)24-46(34)36(31)49)37(50)33-21-32(26-15-9-7-10-16-26)44-47(33)29-18-12-8-13-19-29/h7-13,15-19,21,27-28,30-31,34H,4-6,14,20,22-25H2,1-3H3,(H,42,53)(H,43,48)(H,51,52)/b17-11-/t27-,28-,30-,31+,34-,41+/m0/s1. The number of rotatable bonds is 5. The van der Waals surface area contributed by atoms with E-state index < -0.39 is 53.0 Å². The van der Waals surface area contributed by atoms with Crippen LogP contribution in [-0.4, -0.2) is 97.3 Å². The molecule has 0 unspecified atom stereocenters. The number of carboxylic acids is 1. The second-order valence-corrected chi connectivity index (χ2v) is 15.9. The molecule has 3 aromatic rings. The molecule has 1 aliphatic carbocycles. The van der Waals surface area contributed by atoms with Crippen LogP contribution in [0, 0.1) is 17.8 Å². The number of benzene rings is 2. The van der Waals surface area contributed by atoms with Gasteiger partial charge in [-0.1, -0.05) is 73.5 Å². The molecule has 1 saturated carbocycles. The Morgan fingerprint density at radius 3 is 2.39 bits per heavy atom. The molecule has 13 heteroatoms. The van der Waals surface area contributed by atoms with Gasteiger partial charge in [-0.25, -0.2) is 14.3 Å². The topological polar surface area (TPSA) is 163 Å². The third-order valence-electron chi connectivity index (χ3n) is 11.0. The SMILES string of the molecule is CC(C)(C)OC(=O)N[C@@H]1CCCCC/C=C\[C@H]2C[C@@]2(C(=O)O)NC(=O)[C@@H]2[C@H]3CN(C(=O)c4cc(-c5ccccc5)nn4-c4ccccc4)C[C@H]3CN2C1=O. The molecule has 3 aliphatic heterocycles. The van der Waals surface area contributed by atoms with Crippen LogP contribution in [0.25, 0.3) is 16.9 Å². The Bertz CT molecular complexity index is 1940. The van der Waals surface area contributed by atoms with Gasteiger partial charge < -0.3 is 30.3 Å². The Kier molecular flexibility index (Phi) is 10.1. The van der Waals surface area contributed by atoms with Crippen LogP contribution < -0.4 is 10.6 Å². The van der Waals surface area contributed by atoms with Gasteiger partial charge in [0.2, 0.25) is 11.8 Å². The van der Waals surface area contributed by atoms with Gasteiger partial charge in [0.25, 0.3) is 5.91 Å². The zero-order chi connectivity index (χ0) is 38.2. The van der Waals surface area contributed by atoms with Crippen molar-refractivity contribution >= 4 is 29.8 Å². The van der Waals surface area contributed by atoms with Crippen LogP contribution in [0.4, 0.5) is 4.79 Å². The van der Waals surface area contributed by atoms with Gasteiger partial charge in [-0.3, -0.25) is 14.4 Å². The number of carbonyl (C=O) groups is 5. The molecule has 0 spiro atoms. The van der Waals surface area contributed by atoms with Crippen molar-refractivity contribution in [1.82, 2.24) is 30.2 Å². The second kappa shape index (κ2) is 14.8. The molecule has 0 radical (unpaired) electrons. The van der Waals surface area contributed by atoms with Crippen molar-refractivity contribution in [2.45, 2.75) is 82.5 Å². The average Bonchev–Trinajstić information content (AvgIpc) is 3.43. The molecule has 13 nitrogen and oxygen atoms in total. The summed E-state index contributed by atoms with van der Waals surface area (Å²) in [7, 11) is 0. The maximum Gasteiger partial charge on any atom is 0.408 e. The number of alkyl carbamates (subject to hydrolysis) is 1. The number of carbonyl (C=O) groups excluding carboxylic acids is 4. The van der Waals surface area contributed by atoms with E-state index in [9.17, 15) is 29.1 Å². The number of hydrogen-bond donors (Lipinski definition) is 3. The molecule has 4 amide bonds. The summed E-state index contributed by atoms with van der Waals surface area (Å²) in [5.74, 6) is -3.51. The van der Waals surface area contributed by atoms with Crippen molar-refractivity contribution in [2.24, 2.45) is 17.8 Å². The van der Waals surface area contributed by atoms with Crippen molar-refractivity contribution in [3.05, 3.63) is 84.6 Å². The van der Waals surface area contributed by atoms with Crippen molar-refractivity contribution in [3.8, 4) is 16.9 Å². The van der Waals surface area contributed by atoms with Crippen LogP contribution in [0.1, 0.15) is 69.8 Å². The van der Waals surface area contributed by atoms with Gasteiger partial charge in [0, 0.05) is 43.0 Å². The first-order valence-electron chi connectivity index (χ1n) is 18.9. The van der Waals surface area contributed by atoms with E-state index >= 15 is 0 Å². The molecular weight excluding hydrogens is 688 g/mol. The number of nitrogens with one attached hydrogen (secondary N) is 2.